The first-order valence-electron chi connectivity index (χ1n) is 9.74. The van der Waals surface area contributed by atoms with Crippen molar-refractivity contribution in [2.75, 3.05) is 0 Å². The highest BCUT2D eigenvalue weighted by Crippen LogP contribution is 2.24. The molecule has 0 radical (unpaired) electrons. The molecule has 5 aromatic rings. The molecule has 0 aliphatic carbocycles. The minimum absolute atomic E-state index is 0.122. The van der Waals surface area contributed by atoms with Gasteiger partial charge >= 0.3 is 0 Å². The number of fused-ring (bicyclic) bond motifs is 2. The molecule has 0 fully saturated rings. The van der Waals surface area contributed by atoms with Gasteiger partial charge in [0.25, 0.3) is 5.56 Å². The van der Waals surface area contributed by atoms with Crippen LogP contribution < -0.4 is 5.56 Å². The Balaban J connectivity index is 1.74. The van der Waals surface area contributed by atoms with Crippen LogP contribution in [-0.4, -0.2) is 9.55 Å². The molecule has 0 aliphatic rings. The van der Waals surface area contributed by atoms with E-state index in [9.17, 15) is 4.79 Å². The Morgan fingerprint density at radius 1 is 0.774 bits per heavy atom. The van der Waals surface area contributed by atoms with Gasteiger partial charge in [0.05, 0.1) is 16.6 Å². The van der Waals surface area contributed by atoms with Gasteiger partial charge in [0, 0.05) is 10.0 Å². The number of halogens is 2. The van der Waals surface area contributed by atoms with Gasteiger partial charge in [0.15, 0.2) is 0 Å². The third-order valence-electron chi connectivity index (χ3n) is 5.17. The van der Waals surface area contributed by atoms with Crippen LogP contribution in [0.4, 0.5) is 0 Å². The molecule has 1 aromatic heterocycles. The molecule has 0 unspecified atom stereocenters. The molecule has 0 saturated heterocycles. The molecule has 31 heavy (non-hydrogen) atoms. The van der Waals surface area contributed by atoms with Crippen LogP contribution in [0.3, 0.4) is 0 Å². The Bertz CT molecular complexity index is 1540. The number of benzene rings is 4. The van der Waals surface area contributed by atoms with Crippen molar-refractivity contribution in [3.63, 3.8) is 0 Å². The molecule has 0 amide bonds. The van der Waals surface area contributed by atoms with E-state index < -0.39 is 0 Å². The van der Waals surface area contributed by atoms with Gasteiger partial charge in [-0.3, -0.25) is 9.36 Å². The van der Waals surface area contributed by atoms with Crippen LogP contribution in [0, 0.1) is 0 Å². The second-order valence-corrected chi connectivity index (χ2v) is 8.00. The van der Waals surface area contributed by atoms with Crippen molar-refractivity contribution in [2.45, 2.75) is 0 Å². The molecule has 0 saturated carbocycles. The van der Waals surface area contributed by atoms with Gasteiger partial charge in [-0.2, -0.15) is 0 Å². The Kier molecular flexibility index (Phi) is 5.06. The van der Waals surface area contributed by atoms with E-state index in [0.29, 0.717) is 26.8 Å². The topological polar surface area (TPSA) is 34.9 Å². The van der Waals surface area contributed by atoms with Crippen LogP contribution >= 0.6 is 23.2 Å². The van der Waals surface area contributed by atoms with Crippen LogP contribution in [0.15, 0.2) is 89.7 Å². The molecule has 0 bridgehead atoms. The van der Waals surface area contributed by atoms with E-state index in [-0.39, 0.29) is 5.56 Å². The highest BCUT2D eigenvalue weighted by atomic mass is 35.5. The third kappa shape index (κ3) is 3.74. The summed E-state index contributed by atoms with van der Waals surface area (Å²) in [7, 11) is 0. The van der Waals surface area contributed by atoms with Gasteiger partial charge in [-0.25, -0.2) is 4.98 Å². The summed E-state index contributed by atoms with van der Waals surface area (Å²) in [5, 5.41) is 3.83. The van der Waals surface area contributed by atoms with Crippen LogP contribution in [0.1, 0.15) is 11.4 Å². The average molecular weight is 443 g/mol. The molecule has 1 heterocycles. The van der Waals surface area contributed by atoms with Crippen molar-refractivity contribution < 1.29 is 0 Å². The summed E-state index contributed by atoms with van der Waals surface area (Å²) in [4.78, 5) is 18.2. The summed E-state index contributed by atoms with van der Waals surface area (Å²) in [6.45, 7) is 0. The second kappa shape index (κ2) is 8.03. The minimum atomic E-state index is -0.122. The summed E-state index contributed by atoms with van der Waals surface area (Å²) >= 11 is 12.3. The van der Waals surface area contributed by atoms with Crippen LogP contribution in [0.5, 0.6) is 0 Å². The molecule has 0 atom stereocenters. The first-order chi connectivity index (χ1) is 15.1. The van der Waals surface area contributed by atoms with Crippen molar-refractivity contribution in [1.82, 2.24) is 9.55 Å². The number of para-hydroxylation sites is 1. The van der Waals surface area contributed by atoms with E-state index in [1.807, 2.05) is 72.8 Å². The molecular weight excluding hydrogens is 427 g/mol. The Hall–Kier alpha value is -3.40. The molecule has 5 heteroatoms. The fourth-order valence-corrected chi connectivity index (χ4v) is 4.10. The van der Waals surface area contributed by atoms with Gasteiger partial charge in [-0.05, 0) is 64.9 Å². The quantitative estimate of drug-likeness (QED) is 0.301. The predicted octanol–water partition coefficient (Wildman–Crippen LogP) is 7.02. The maximum absolute atomic E-state index is 13.5. The largest absolute Gasteiger partial charge is 0.268 e. The lowest BCUT2D eigenvalue weighted by molar-refractivity contribution is 0.946. The molecule has 0 spiro atoms. The number of aromatic nitrogens is 2. The fraction of sp³-hybridized carbons (Fsp3) is 0. The Morgan fingerprint density at radius 2 is 1.55 bits per heavy atom. The second-order valence-electron chi connectivity index (χ2n) is 7.16. The Labute approximate surface area is 188 Å². The molecule has 4 aromatic carbocycles. The monoisotopic (exact) mass is 442 g/mol. The van der Waals surface area contributed by atoms with E-state index in [4.69, 9.17) is 28.2 Å². The first kappa shape index (κ1) is 19.6. The lowest BCUT2D eigenvalue weighted by atomic mass is 10.1. The van der Waals surface area contributed by atoms with E-state index in [0.717, 1.165) is 22.0 Å². The smallest absolute Gasteiger partial charge is 0.266 e. The maximum Gasteiger partial charge on any atom is 0.266 e. The summed E-state index contributed by atoms with van der Waals surface area (Å²) in [6.07, 6.45) is 3.64. The van der Waals surface area contributed by atoms with Gasteiger partial charge in [0.1, 0.15) is 5.82 Å². The average Bonchev–Trinajstić information content (AvgIpc) is 2.78. The zero-order valence-corrected chi connectivity index (χ0v) is 17.8. The lowest BCUT2D eigenvalue weighted by Crippen LogP contribution is -2.22. The molecule has 0 N–H and O–H groups in total. The van der Waals surface area contributed by atoms with E-state index in [1.54, 1.807) is 28.8 Å². The maximum atomic E-state index is 13.5. The number of nitrogens with zero attached hydrogens (tertiary/aromatic N) is 2. The number of hydrogen-bond donors (Lipinski definition) is 0. The minimum Gasteiger partial charge on any atom is -0.268 e. The summed E-state index contributed by atoms with van der Waals surface area (Å²) in [5.41, 5.74) is 2.07. The summed E-state index contributed by atoms with van der Waals surface area (Å²) in [5.74, 6) is 0.519. The highest BCUT2D eigenvalue weighted by Gasteiger charge is 2.11. The van der Waals surface area contributed by atoms with E-state index in [1.165, 1.54) is 0 Å². The van der Waals surface area contributed by atoms with E-state index >= 15 is 0 Å². The van der Waals surface area contributed by atoms with Crippen molar-refractivity contribution in [1.29, 1.82) is 0 Å². The van der Waals surface area contributed by atoms with Gasteiger partial charge in [-0.15, -0.1) is 0 Å². The van der Waals surface area contributed by atoms with Crippen molar-refractivity contribution in [3.05, 3.63) is 117 Å². The first-order valence-corrected chi connectivity index (χ1v) is 10.5. The predicted molar refractivity (Wildman–Crippen MR) is 130 cm³/mol. The fourth-order valence-electron chi connectivity index (χ4n) is 3.63. The molecule has 150 valence electrons. The number of hydrogen-bond acceptors (Lipinski definition) is 2. The summed E-state index contributed by atoms with van der Waals surface area (Å²) in [6, 6.07) is 26.7. The third-order valence-corrected chi connectivity index (χ3v) is 5.73. The zero-order valence-electron chi connectivity index (χ0n) is 16.3. The summed E-state index contributed by atoms with van der Waals surface area (Å²) < 4.78 is 1.63. The Morgan fingerprint density at radius 3 is 2.39 bits per heavy atom. The molecular formula is C26H16Cl2N2O. The van der Waals surface area contributed by atoms with Crippen molar-refractivity contribution in [2.24, 2.45) is 0 Å². The zero-order chi connectivity index (χ0) is 21.4. The molecule has 5 rings (SSSR count). The van der Waals surface area contributed by atoms with Gasteiger partial charge in [0.2, 0.25) is 0 Å². The van der Waals surface area contributed by atoms with Gasteiger partial charge in [-0.1, -0.05) is 71.7 Å². The molecule has 0 aliphatic heterocycles. The van der Waals surface area contributed by atoms with Crippen molar-refractivity contribution in [3.8, 4) is 5.69 Å². The van der Waals surface area contributed by atoms with Crippen LogP contribution in [-0.2, 0) is 0 Å². The van der Waals surface area contributed by atoms with Crippen LogP contribution in [0.25, 0.3) is 39.5 Å². The van der Waals surface area contributed by atoms with E-state index in [2.05, 4.69) is 0 Å². The lowest BCUT2D eigenvalue weighted by Gasteiger charge is -2.12. The highest BCUT2D eigenvalue weighted by molar-refractivity contribution is 6.35. The number of rotatable bonds is 3. The SMILES string of the molecule is O=c1c2ccccc2nc(C=Cc2ccc(Cl)cc2Cl)n1-c1ccc2ccccc2c1. The van der Waals surface area contributed by atoms with Gasteiger partial charge < -0.3 is 0 Å². The van der Waals surface area contributed by atoms with Crippen molar-refractivity contribution >= 4 is 57.0 Å². The van der Waals surface area contributed by atoms with Crippen LogP contribution in [0.2, 0.25) is 10.0 Å². The standard InChI is InChI=1S/C26H16Cl2N2O/c27-20-12-9-18(23(28)16-20)11-14-25-29-24-8-4-3-7-22(24)26(31)30(25)21-13-10-17-5-1-2-6-19(17)15-21/h1-16H. The molecule has 3 nitrogen and oxygen atoms in total. The normalized spacial score (nSPS) is 11.5.